The maximum atomic E-state index is 5.16. The van der Waals surface area contributed by atoms with Gasteiger partial charge in [-0.25, -0.2) is 19.6 Å². The van der Waals surface area contributed by atoms with Crippen molar-refractivity contribution >= 4 is 11.8 Å². The van der Waals surface area contributed by atoms with Crippen molar-refractivity contribution in [1.29, 1.82) is 0 Å². The molecule has 1 unspecified atom stereocenters. The lowest BCUT2D eigenvalue weighted by Gasteiger charge is -2.33. The number of aliphatic imine (C=N–C) groups is 1. The second-order valence-corrected chi connectivity index (χ2v) is 8.45. The SMILES string of the molecule is CCNC(=NCc1ccnc(N2CCN(C)CC2)c1)NC1CCc2nc(COC)nn2C1. The molecule has 2 N–H and O–H groups in total. The zero-order valence-corrected chi connectivity index (χ0v) is 19.4. The number of rotatable bonds is 7. The number of ether oxygens (including phenoxy) is 1. The highest BCUT2D eigenvalue weighted by molar-refractivity contribution is 5.80. The quantitative estimate of drug-likeness (QED) is 0.478. The fraction of sp³-hybridized carbons (Fsp3) is 0.636. The van der Waals surface area contributed by atoms with Crippen LogP contribution in [0.1, 0.15) is 30.6 Å². The van der Waals surface area contributed by atoms with Gasteiger partial charge in [-0.15, -0.1) is 0 Å². The van der Waals surface area contributed by atoms with Gasteiger partial charge in [-0.1, -0.05) is 0 Å². The molecule has 1 saturated heterocycles. The number of guanidine groups is 1. The van der Waals surface area contributed by atoms with Gasteiger partial charge in [-0.2, -0.15) is 5.10 Å². The van der Waals surface area contributed by atoms with Crippen molar-refractivity contribution in [2.24, 2.45) is 4.99 Å². The van der Waals surface area contributed by atoms with E-state index in [9.17, 15) is 0 Å². The van der Waals surface area contributed by atoms with Crippen molar-refractivity contribution in [3.8, 4) is 0 Å². The molecular formula is C22H35N9O. The van der Waals surface area contributed by atoms with E-state index in [0.717, 1.165) is 81.1 Å². The summed E-state index contributed by atoms with van der Waals surface area (Å²) in [5.41, 5.74) is 1.16. The number of hydrogen-bond acceptors (Lipinski definition) is 7. The van der Waals surface area contributed by atoms with Crippen LogP contribution >= 0.6 is 0 Å². The van der Waals surface area contributed by atoms with Crippen LogP contribution in [0.3, 0.4) is 0 Å². The smallest absolute Gasteiger partial charge is 0.191 e. The number of piperazine rings is 1. The number of aromatic nitrogens is 4. The van der Waals surface area contributed by atoms with E-state index >= 15 is 0 Å². The van der Waals surface area contributed by atoms with Crippen molar-refractivity contribution in [3.63, 3.8) is 0 Å². The van der Waals surface area contributed by atoms with Gasteiger partial charge in [0.15, 0.2) is 11.8 Å². The first kappa shape index (κ1) is 22.5. The zero-order chi connectivity index (χ0) is 22.3. The van der Waals surface area contributed by atoms with Gasteiger partial charge in [-0.3, -0.25) is 0 Å². The molecule has 0 saturated carbocycles. The predicted molar refractivity (Wildman–Crippen MR) is 125 cm³/mol. The molecule has 10 heteroatoms. The molecule has 0 radical (unpaired) electrons. The van der Waals surface area contributed by atoms with Gasteiger partial charge in [0.2, 0.25) is 0 Å². The topological polar surface area (TPSA) is 95.7 Å². The molecule has 0 aromatic carbocycles. The molecule has 0 spiro atoms. The van der Waals surface area contributed by atoms with E-state index in [4.69, 9.17) is 9.73 Å². The lowest BCUT2D eigenvalue weighted by Crippen LogP contribution is -2.47. The highest BCUT2D eigenvalue weighted by Gasteiger charge is 2.22. The van der Waals surface area contributed by atoms with Crippen LogP contribution in [0.25, 0.3) is 0 Å². The van der Waals surface area contributed by atoms with Crippen molar-refractivity contribution < 1.29 is 4.74 Å². The van der Waals surface area contributed by atoms with Gasteiger partial charge in [-0.05, 0) is 38.1 Å². The van der Waals surface area contributed by atoms with Crippen LogP contribution in [-0.4, -0.2) is 83.5 Å². The molecule has 2 aromatic heterocycles. The van der Waals surface area contributed by atoms with E-state index in [0.29, 0.717) is 13.2 Å². The number of anilines is 1. The Morgan fingerprint density at radius 3 is 2.91 bits per heavy atom. The Morgan fingerprint density at radius 1 is 1.28 bits per heavy atom. The summed E-state index contributed by atoms with van der Waals surface area (Å²) >= 11 is 0. The minimum absolute atomic E-state index is 0.260. The Balaban J connectivity index is 1.37. The second kappa shape index (κ2) is 10.7. The highest BCUT2D eigenvalue weighted by atomic mass is 16.5. The largest absolute Gasteiger partial charge is 0.377 e. The first-order valence-corrected chi connectivity index (χ1v) is 11.5. The van der Waals surface area contributed by atoms with Gasteiger partial charge in [0.25, 0.3) is 0 Å². The van der Waals surface area contributed by atoms with E-state index in [-0.39, 0.29) is 6.04 Å². The summed E-state index contributed by atoms with van der Waals surface area (Å²) in [6.45, 7) is 8.90. The molecule has 2 aliphatic heterocycles. The summed E-state index contributed by atoms with van der Waals surface area (Å²) in [6, 6.07) is 4.47. The monoisotopic (exact) mass is 441 g/mol. The minimum atomic E-state index is 0.260. The Hall–Kier alpha value is -2.72. The molecular weight excluding hydrogens is 406 g/mol. The maximum Gasteiger partial charge on any atom is 0.191 e. The summed E-state index contributed by atoms with van der Waals surface area (Å²) in [6.07, 6.45) is 3.79. The Kier molecular flexibility index (Phi) is 7.54. The van der Waals surface area contributed by atoms with Gasteiger partial charge >= 0.3 is 0 Å². The van der Waals surface area contributed by atoms with E-state index < -0.39 is 0 Å². The number of nitrogens with zero attached hydrogens (tertiary/aromatic N) is 7. The van der Waals surface area contributed by atoms with E-state index in [1.165, 1.54) is 0 Å². The Morgan fingerprint density at radius 2 is 2.12 bits per heavy atom. The van der Waals surface area contributed by atoms with Crippen LogP contribution in [0.15, 0.2) is 23.3 Å². The number of hydrogen-bond donors (Lipinski definition) is 2. The molecule has 4 heterocycles. The highest BCUT2D eigenvalue weighted by Crippen LogP contribution is 2.16. The number of nitrogens with one attached hydrogen (secondary N) is 2. The van der Waals surface area contributed by atoms with E-state index in [2.05, 4.69) is 55.5 Å². The van der Waals surface area contributed by atoms with Gasteiger partial charge in [0, 0.05) is 58.5 Å². The summed E-state index contributed by atoms with van der Waals surface area (Å²) in [5.74, 6) is 3.65. The molecule has 1 fully saturated rings. The number of aryl methyl sites for hydroxylation is 1. The maximum absolute atomic E-state index is 5.16. The van der Waals surface area contributed by atoms with E-state index in [1.54, 1.807) is 7.11 Å². The average molecular weight is 442 g/mol. The van der Waals surface area contributed by atoms with Crippen LogP contribution < -0.4 is 15.5 Å². The van der Waals surface area contributed by atoms with Gasteiger partial charge in [0.05, 0.1) is 13.1 Å². The summed E-state index contributed by atoms with van der Waals surface area (Å²) in [5, 5.41) is 11.5. The van der Waals surface area contributed by atoms with Crippen LogP contribution in [0.5, 0.6) is 0 Å². The molecule has 2 aromatic rings. The first-order valence-electron chi connectivity index (χ1n) is 11.5. The predicted octanol–water partition coefficient (Wildman–Crippen LogP) is 0.641. The summed E-state index contributed by atoms with van der Waals surface area (Å²) in [4.78, 5) is 18.7. The van der Waals surface area contributed by atoms with E-state index in [1.807, 2.05) is 16.9 Å². The lowest BCUT2D eigenvalue weighted by molar-refractivity contribution is 0.177. The third kappa shape index (κ3) is 5.74. The molecule has 174 valence electrons. The van der Waals surface area contributed by atoms with Gasteiger partial charge in [0.1, 0.15) is 18.2 Å². The summed E-state index contributed by atoms with van der Waals surface area (Å²) in [7, 11) is 3.83. The van der Waals surface area contributed by atoms with Crippen molar-refractivity contribution in [2.75, 3.05) is 51.8 Å². The molecule has 2 aliphatic rings. The number of fused-ring (bicyclic) bond motifs is 1. The Bertz CT molecular complexity index is 905. The minimum Gasteiger partial charge on any atom is -0.377 e. The molecule has 10 nitrogen and oxygen atoms in total. The summed E-state index contributed by atoms with van der Waals surface area (Å²) < 4.78 is 7.15. The average Bonchev–Trinajstić information content (AvgIpc) is 3.20. The molecule has 32 heavy (non-hydrogen) atoms. The normalized spacial score (nSPS) is 19.7. The first-order chi connectivity index (χ1) is 15.6. The Labute approximate surface area is 190 Å². The molecule has 4 rings (SSSR count). The van der Waals surface area contributed by atoms with Crippen LogP contribution in [0, 0.1) is 0 Å². The van der Waals surface area contributed by atoms with Crippen molar-refractivity contribution in [1.82, 2.24) is 35.3 Å². The van der Waals surface area contributed by atoms with Crippen LogP contribution in [0.4, 0.5) is 5.82 Å². The fourth-order valence-corrected chi connectivity index (χ4v) is 4.12. The molecule has 1 atom stereocenters. The number of pyridine rings is 1. The van der Waals surface area contributed by atoms with Crippen molar-refractivity contribution in [3.05, 3.63) is 35.5 Å². The van der Waals surface area contributed by atoms with Crippen LogP contribution in [-0.2, 0) is 30.9 Å². The second-order valence-electron chi connectivity index (χ2n) is 8.45. The third-order valence-corrected chi connectivity index (χ3v) is 5.92. The molecule has 0 aliphatic carbocycles. The number of methoxy groups -OCH3 is 1. The van der Waals surface area contributed by atoms with Crippen molar-refractivity contribution in [2.45, 2.75) is 45.5 Å². The van der Waals surface area contributed by atoms with Gasteiger partial charge < -0.3 is 25.2 Å². The van der Waals surface area contributed by atoms with Crippen LogP contribution in [0.2, 0.25) is 0 Å². The lowest BCUT2D eigenvalue weighted by atomic mass is 10.1. The third-order valence-electron chi connectivity index (χ3n) is 5.92. The fourth-order valence-electron chi connectivity index (χ4n) is 4.12. The standard InChI is InChI=1S/C22H35N9O/c1-4-23-22(26-18-5-6-20-27-19(16-32-3)28-31(20)15-18)25-14-17-7-8-24-21(13-17)30-11-9-29(2)10-12-30/h7-8,13,18H,4-6,9-12,14-16H2,1-3H3,(H2,23,25,26). The number of likely N-dealkylation sites (N-methyl/N-ethyl adjacent to an activating group) is 1. The zero-order valence-electron chi connectivity index (χ0n) is 19.4. The molecule has 0 amide bonds. The molecule has 0 bridgehead atoms.